The van der Waals surface area contributed by atoms with Gasteiger partial charge in [-0.3, -0.25) is 4.79 Å². The predicted molar refractivity (Wildman–Crippen MR) is 71.0 cm³/mol. The molecule has 1 heterocycles. The summed E-state index contributed by atoms with van der Waals surface area (Å²) in [6, 6.07) is 6.19. The Morgan fingerprint density at radius 3 is 3.12 bits per heavy atom. The summed E-state index contributed by atoms with van der Waals surface area (Å²) in [5, 5.41) is 6.11. The third-order valence-corrected chi connectivity index (χ3v) is 3.97. The van der Waals surface area contributed by atoms with Crippen LogP contribution in [0.5, 0.6) is 0 Å². The van der Waals surface area contributed by atoms with Crippen molar-refractivity contribution >= 4 is 39.3 Å². The Kier molecular flexibility index (Phi) is 3.89. The zero-order valence-corrected chi connectivity index (χ0v) is 11.3. The molecule has 0 aromatic heterocycles. The first-order valence-electron chi connectivity index (χ1n) is 5.08. The number of nitrogens with one attached hydrogen (secondary N) is 2. The fourth-order valence-electron chi connectivity index (χ4n) is 1.56. The van der Waals surface area contributed by atoms with E-state index in [4.69, 9.17) is 0 Å². The lowest BCUT2D eigenvalue weighted by Gasteiger charge is -2.21. The van der Waals surface area contributed by atoms with Crippen LogP contribution in [-0.4, -0.2) is 16.6 Å². The van der Waals surface area contributed by atoms with Crippen molar-refractivity contribution in [3.63, 3.8) is 0 Å². The van der Waals surface area contributed by atoms with Gasteiger partial charge in [-0.25, -0.2) is 0 Å². The van der Waals surface area contributed by atoms with E-state index in [2.05, 4.69) is 38.7 Å². The van der Waals surface area contributed by atoms with Crippen molar-refractivity contribution in [3.05, 3.63) is 23.8 Å². The van der Waals surface area contributed by atoms with E-state index in [0.29, 0.717) is 0 Å². The summed E-state index contributed by atoms with van der Waals surface area (Å²) in [4.78, 5) is 12.7. The molecule has 0 radical (unpaired) electrons. The van der Waals surface area contributed by atoms with E-state index in [9.17, 15) is 4.79 Å². The van der Waals surface area contributed by atoms with Crippen LogP contribution in [0.4, 0.5) is 5.69 Å². The number of rotatable bonds is 3. The Balaban J connectivity index is 2.19. The second kappa shape index (κ2) is 5.21. The van der Waals surface area contributed by atoms with Crippen molar-refractivity contribution in [3.8, 4) is 0 Å². The third kappa shape index (κ3) is 2.59. The van der Waals surface area contributed by atoms with Crippen molar-refractivity contribution in [2.24, 2.45) is 0 Å². The molecule has 3 nitrogen and oxygen atoms in total. The molecule has 0 aliphatic carbocycles. The summed E-state index contributed by atoms with van der Waals surface area (Å²) in [5.74, 6) is 0.0862. The van der Waals surface area contributed by atoms with E-state index < -0.39 is 0 Å². The average molecular weight is 301 g/mol. The van der Waals surface area contributed by atoms with Crippen LogP contribution in [-0.2, 0) is 11.3 Å². The number of carbonyl (C=O) groups excluding carboxylic acids is 1. The number of hydrogen-bond donors (Lipinski definition) is 2. The number of halogens is 1. The molecule has 1 aromatic rings. The molecule has 1 unspecified atom stereocenters. The van der Waals surface area contributed by atoms with Crippen molar-refractivity contribution < 1.29 is 4.79 Å². The molecular formula is C11H13BrN2OS. The lowest BCUT2D eigenvalue weighted by Crippen LogP contribution is -2.26. The maximum absolute atomic E-state index is 11.5. The molecule has 0 bridgehead atoms. The van der Waals surface area contributed by atoms with E-state index in [0.717, 1.165) is 22.6 Å². The summed E-state index contributed by atoms with van der Waals surface area (Å²) in [6.07, 6.45) is 0. The van der Waals surface area contributed by atoms with Crippen molar-refractivity contribution in [1.29, 1.82) is 0 Å². The molecule has 0 fully saturated rings. The molecule has 1 atom stereocenters. The lowest BCUT2D eigenvalue weighted by atomic mass is 10.2. The van der Waals surface area contributed by atoms with E-state index >= 15 is 0 Å². The molecule has 2 N–H and O–H groups in total. The standard InChI is InChI=1S/C11H13BrN2OS/c1-7-11(15)14-9-4-8(5-13-6-12)2-3-10(9)16-7/h2-4,7,13H,5-6H2,1H3,(H,14,15). The fraction of sp³-hybridized carbons (Fsp3) is 0.364. The van der Waals surface area contributed by atoms with E-state index in [1.807, 2.05) is 13.0 Å². The highest BCUT2D eigenvalue weighted by atomic mass is 79.9. The monoisotopic (exact) mass is 300 g/mol. The zero-order valence-electron chi connectivity index (χ0n) is 8.92. The normalized spacial score (nSPS) is 19.1. The second-order valence-electron chi connectivity index (χ2n) is 3.64. The van der Waals surface area contributed by atoms with Crippen LogP contribution in [0.3, 0.4) is 0 Å². The van der Waals surface area contributed by atoms with Gasteiger partial charge in [0.1, 0.15) is 0 Å². The van der Waals surface area contributed by atoms with Crippen LogP contribution in [0.15, 0.2) is 23.1 Å². The van der Waals surface area contributed by atoms with Crippen LogP contribution in [0, 0.1) is 0 Å². The molecule has 0 spiro atoms. The molecule has 1 aliphatic rings. The highest BCUT2D eigenvalue weighted by molar-refractivity contribution is 9.09. The van der Waals surface area contributed by atoms with Gasteiger partial charge in [-0.15, -0.1) is 11.8 Å². The fourth-order valence-corrected chi connectivity index (χ4v) is 2.69. The highest BCUT2D eigenvalue weighted by Crippen LogP contribution is 2.35. The molecule has 0 saturated carbocycles. The minimum Gasteiger partial charge on any atom is -0.324 e. The number of fused-ring (bicyclic) bond motifs is 1. The number of alkyl halides is 1. The van der Waals surface area contributed by atoms with Crippen LogP contribution in [0.25, 0.3) is 0 Å². The van der Waals surface area contributed by atoms with Crippen molar-refractivity contribution in [2.75, 3.05) is 10.8 Å². The summed E-state index contributed by atoms with van der Waals surface area (Å²) in [5.41, 5.74) is 2.87. The van der Waals surface area contributed by atoms with Crippen molar-refractivity contribution in [1.82, 2.24) is 5.32 Å². The van der Waals surface area contributed by atoms with Crippen LogP contribution >= 0.6 is 27.7 Å². The van der Waals surface area contributed by atoms with Gasteiger partial charge in [-0.1, -0.05) is 22.0 Å². The first kappa shape index (κ1) is 12.0. The average Bonchev–Trinajstić information content (AvgIpc) is 2.28. The van der Waals surface area contributed by atoms with E-state index in [1.54, 1.807) is 11.8 Å². The number of amides is 1. The van der Waals surface area contributed by atoms with Gasteiger partial charge in [0.25, 0.3) is 0 Å². The molecule has 0 saturated heterocycles. The maximum atomic E-state index is 11.5. The molecule has 1 aromatic carbocycles. The molecule has 2 rings (SSSR count). The number of hydrogen-bond acceptors (Lipinski definition) is 3. The van der Waals surface area contributed by atoms with Gasteiger partial charge in [0.05, 0.1) is 16.4 Å². The Bertz CT molecular complexity index is 411. The smallest absolute Gasteiger partial charge is 0.237 e. The van der Waals surface area contributed by atoms with Gasteiger partial charge in [0, 0.05) is 11.4 Å². The number of benzene rings is 1. The SMILES string of the molecule is CC1Sc2ccc(CNCBr)cc2NC1=O. The van der Waals surface area contributed by atoms with Crippen LogP contribution in [0.2, 0.25) is 0 Å². The Morgan fingerprint density at radius 2 is 2.38 bits per heavy atom. The first-order chi connectivity index (χ1) is 7.70. The second-order valence-corrected chi connectivity index (χ2v) is 5.58. The summed E-state index contributed by atoms with van der Waals surface area (Å²) in [6.45, 7) is 2.72. The summed E-state index contributed by atoms with van der Waals surface area (Å²) >= 11 is 4.93. The van der Waals surface area contributed by atoms with Gasteiger partial charge >= 0.3 is 0 Å². The topological polar surface area (TPSA) is 41.1 Å². The van der Waals surface area contributed by atoms with Crippen molar-refractivity contribution in [2.45, 2.75) is 23.6 Å². The lowest BCUT2D eigenvalue weighted by molar-refractivity contribution is -0.115. The van der Waals surface area contributed by atoms with Crippen LogP contribution in [0.1, 0.15) is 12.5 Å². The zero-order chi connectivity index (χ0) is 11.5. The number of carbonyl (C=O) groups is 1. The molecule has 1 aliphatic heterocycles. The van der Waals surface area contributed by atoms with Gasteiger partial charge in [0.2, 0.25) is 5.91 Å². The maximum Gasteiger partial charge on any atom is 0.237 e. The van der Waals surface area contributed by atoms with Gasteiger partial charge < -0.3 is 10.6 Å². The molecular weight excluding hydrogens is 288 g/mol. The quantitative estimate of drug-likeness (QED) is 0.666. The largest absolute Gasteiger partial charge is 0.324 e. The number of anilines is 1. The van der Waals surface area contributed by atoms with E-state index in [-0.39, 0.29) is 11.2 Å². The Morgan fingerprint density at radius 1 is 1.56 bits per heavy atom. The minimum atomic E-state index is -0.000910. The number of thioether (sulfide) groups is 1. The van der Waals surface area contributed by atoms with Gasteiger partial charge in [0.15, 0.2) is 0 Å². The molecule has 16 heavy (non-hydrogen) atoms. The molecule has 86 valence electrons. The Labute approximate surface area is 108 Å². The summed E-state index contributed by atoms with van der Waals surface area (Å²) in [7, 11) is 0. The first-order valence-corrected chi connectivity index (χ1v) is 7.08. The predicted octanol–water partition coefficient (Wildman–Crippen LogP) is 2.56. The summed E-state index contributed by atoms with van der Waals surface area (Å²) < 4.78 is 0. The third-order valence-electron chi connectivity index (χ3n) is 2.40. The Hall–Kier alpha value is -0.520. The van der Waals surface area contributed by atoms with Gasteiger partial charge in [-0.2, -0.15) is 0 Å². The van der Waals surface area contributed by atoms with Gasteiger partial charge in [-0.05, 0) is 24.6 Å². The molecule has 1 amide bonds. The van der Waals surface area contributed by atoms with Crippen LogP contribution < -0.4 is 10.6 Å². The minimum absolute atomic E-state index is 0.000910. The highest BCUT2D eigenvalue weighted by Gasteiger charge is 2.22. The molecule has 5 heteroatoms. The van der Waals surface area contributed by atoms with E-state index in [1.165, 1.54) is 5.56 Å².